The molecule has 2 aromatic rings. The summed E-state index contributed by atoms with van der Waals surface area (Å²) in [4.78, 5) is 18.3. The summed E-state index contributed by atoms with van der Waals surface area (Å²) in [5, 5.41) is 17.2. The molecular formula is C20H16N6O2. The van der Waals surface area contributed by atoms with E-state index in [1.54, 1.807) is 60.7 Å². The van der Waals surface area contributed by atoms with Gasteiger partial charge in [-0.05, 0) is 34.3 Å². The van der Waals surface area contributed by atoms with E-state index >= 15 is 0 Å². The van der Waals surface area contributed by atoms with Crippen LogP contribution in [0.15, 0.2) is 69.9 Å². The predicted molar refractivity (Wildman–Crippen MR) is 107 cm³/mol. The van der Waals surface area contributed by atoms with Crippen molar-refractivity contribution < 1.29 is 9.90 Å². The van der Waals surface area contributed by atoms with E-state index in [1.807, 2.05) is 0 Å². The maximum atomic E-state index is 12.8. The second-order valence-corrected chi connectivity index (χ2v) is 6.29. The number of ketones is 1. The van der Waals surface area contributed by atoms with Crippen LogP contribution in [0, 0.1) is 0 Å². The Labute approximate surface area is 160 Å². The van der Waals surface area contributed by atoms with Crippen molar-refractivity contribution in [3.05, 3.63) is 91.7 Å². The summed E-state index contributed by atoms with van der Waals surface area (Å²) < 4.78 is 0. The molecule has 8 heteroatoms. The zero-order valence-corrected chi connectivity index (χ0v) is 14.8. The number of aliphatic hydroxyl groups excluding tert-OH is 1. The van der Waals surface area contributed by atoms with E-state index in [4.69, 9.17) is 11.1 Å². The third-order valence-corrected chi connectivity index (χ3v) is 4.28. The molecule has 1 aliphatic rings. The molecular weight excluding hydrogens is 356 g/mol. The topological polar surface area (TPSA) is 135 Å². The van der Waals surface area contributed by atoms with Crippen LogP contribution in [0.5, 0.6) is 0 Å². The molecule has 1 saturated carbocycles. The van der Waals surface area contributed by atoms with E-state index in [-0.39, 0.29) is 18.6 Å². The molecule has 1 N–H and O–H groups in total. The van der Waals surface area contributed by atoms with Crippen molar-refractivity contribution in [2.75, 3.05) is 0 Å². The number of azide groups is 2. The van der Waals surface area contributed by atoms with E-state index < -0.39 is 6.10 Å². The Kier molecular flexibility index (Phi) is 5.89. The molecule has 3 rings (SSSR count). The molecule has 1 aliphatic carbocycles. The lowest BCUT2D eigenvalue weighted by Crippen LogP contribution is -2.23. The average molecular weight is 372 g/mol. The summed E-state index contributed by atoms with van der Waals surface area (Å²) in [5.74, 6) is -0.108. The van der Waals surface area contributed by atoms with E-state index in [9.17, 15) is 9.90 Å². The molecule has 1 atom stereocenters. The van der Waals surface area contributed by atoms with Crippen LogP contribution >= 0.6 is 0 Å². The highest BCUT2D eigenvalue weighted by Crippen LogP contribution is 2.29. The molecule has 0 spiro atoms. The first-order valence-corrected chi connectivity index (χ1v) is 8.53. The summed E-state index contributed by atoms with van der Waals surface area (Å²) in [7, 11) is 0. The molecule has 0 bridgehead atoms. The lowest BCUT2D eigenvalue weighted by molar-refractivity contribution is -0.113. The lowest BCUT2D eigenvalue weighted by atomic mass is 9.85. The van der Waals surface area contributed by atoms with E-state index in [2.05, 4.69) is 20.1 Å². The molecule has 8 nitrogen and oxygen atoms in total. The smallest absolute Gasteiger partial charge is 0.185 e. The van der Waals surface area contributed by atoms with Crippen LogP contribution in [0.4, 0.5) is 11.4 Å². The summed E-state index contributed by atoms with van der Waals surface area (Å²) in [5.41, 5.74) is 20.5. The van der Waals surface area contributed by atoms with Crippen molar-refractivity contribution in [2.45, 2.75) is 18.9 Å². The number of rotatable bonds is 4. The largest absolute Gasteiger partial charge is 0.392 e. The minimum absolute atomic E-state index is 0.108. The number of Topliss-reactive ketones (excluding diaryl/α,β-unsaturated/α-hetero) is 1. The fourth-order valence-corrected chi connectivity index (χ4v) is 3.00. The fraction of sp³-hybridized carbons (Fsp3) is 0.150. The summed E-state index contributed by atoms with van der Waals surface area (Å²) in [6, 6.07) is 13.7. The Morgan fingerprint density at radius 3 is 1.57 bits per heavy atom. The van der Waals surface area contributed by atoms with Gasteiger partial charge in [0.15, 0.2) is 5.78 Å². The second-order valence-electron chi connectivity index (χ2n) is 6.29. The monoisotopic (exact) mass is 372 g/mol. The van der Waals surface area contributed by atoms with Gasteiger partial charge in [0.25, 0.3) is 0 Å². The fourth-order valence-electron chi connectivity index (χ4n) is 3.00. The van der Waals surface area contributed by atoms with Crippen LogP contribution in [-0.2, 0) is 4.79 Å². The number of carbonyl (C=O) groups excluding carboxylic acids is 1. The SMILES string of the molecule is [N-]=[N+]=Nc1ccc(/C=C2/CC(O)C/C(=C\c3ccc(N=[N+]=[N-])cc3)C2=O)cc1. The Hall–Kier alpha value is -3.83. The van der Waals surface area contributed by atoms with Crippen LogP contribution in [0.2, 0.25) is 0 Å². The van der Waals surface area contributed by atoms with Gasteiger partial charge in [-0.2, -0.15) is 0 Å². The third kappa shape index (κ3) is 4.66. The van der Waals surface area contributed by atoms with Gasteiger partial charge in [0.05, 0.1) is 6.10 Å². The average Bonchev–Trinajstić information content (AvgIpc) is 2.69. The van der Waals surface area contributed by atoms with Crippen LogP contribution in [0.1, 0.15) is 24.0 Å². The first kappa shape index (κ1) is 18.9. The Morgan fingerprint density at radius 1 is 0.821 bits per heavy atom. The maximum Gasteiger partial charge on any atom is 0.185 e. The molecule has 0 aromatic heterocycles. The summed E-state index contributed by atoms with van der Waals surface area (Å²) >= 11 is 0. The number of aliphatic hydroxyl groups is 1. The third-order valence-electron chi connectivity index (χ3n) is 4.28. The van der Waals surface area contributed by atoms with Gasteiger partial charge in [0.2, 0.25) is 0 Å². The number of hydrogen-bond donors (Lipinski definition) is 1. The van der Waals surface area contributed by atoms with Gasteiger partial charge < -0.3 is 5.11 Å². The minimum Gasteiger partial charge on any atom is -0.392 e. The molecule has 0 heterocycles. The van der Waals surface area contributed by atoms with Crippen molar-refractivity contribution >= 4 is 29.3 Å². The van der Waals surface area contributed by atoms with Crippen molar-refractivity contribution in [1.29, 1.82) is 0 Å². The molecule has 138 valence electrons. The molecule has 0 radical (unpaired) electrons. The van der Waals surface area contributed by atoms with Crippen molar-refractivity contribution in [1.82, 2.24) is 0 Å². The van der Waals surface area contributed by atoms with Gasteiger partial charge in [0, 0.05) is 45.2 Å². The van der Waals surface area contributed by atoms with Crippen molar-refractivity contribution in [3.63, 3.8) is 0 Å². The number of benzene rings is 2. The molecule has 28 heavy (non-hydrogen) atoms. The lowest BCUT2D eigenvalue weighted by Gasteiger charge is -2.21. The van der Waals surface area contributed by atoms with Crippen LogP contribution in [0.25, 0.3) is 33.0 Å². The molecule has 0 saturated heterocycles. The first-order chi connectivity index (χ1) is 13.6. The van der Waals surface area contributed by atoms with Crippen molar-refractivity contribution in [2.24, 2.45) is 10.2 Å². The molecule has 1 fully saturated rings. The van der Waals surface area contributed by atoms with Gasteiger partial charge in [-0.1, -0.05) is 58.8 Å². The second kappa shape index (κ2) is 8.70. The molecule has 0 amide bonds. The van der Waals surface area contributed by atoms with E-state index in [1.165, 1.54) is 0 Å². The van der Waals surface area contributed by atoms with Gasteiger partial charge in [-0.25, -0.2) is 0 Å². The quantitative estimate of drug-likeness (QED) is 0.316. The van der Waals surface area contributed by atoms with Crippen molar-refractivity contribution in [3.8, 4) is 0 Å². The number of nitrogens with zero attached hydrogens (tertiary/aromatic N) is 6. The Balaban J connectivity index is 1.87. The minimum atomic E-state index is -0.639. The Morgan fingerprint density at radius 2 is 1.21 bits per heavy atom. The first-order valence-electron chi connectivity index (χ1n) is 8.53. The predicted octanol–water partition coefficient (Wildman–Crippen LogP) is 5.76. The van der Waals surface area contributed by atoms with Crippen LogP contribution in [-0.4, -0.2) is 17.0 Å². The normalized spacial score (nSPS) is 19.2. The highest BCUT2D eigenvalue weighted by molar-refractivity contribution is 6.14. The van der Waals surface area contributed by atoms with Crippen LogP contribution < -0.4 is 0 Å². The molecule has 1 unspecified atom stereocenters. The molecule has 2 aromatic carbocycles. The van der Waals surface area contributed by atoms with Gasteiger partial charge in [0.1, 0.15) is 0 Å². The number of carbonyl (C=O) groups is 1. The zero-order chi connectivity index (χ0) is 19.9. The highest BCUT2D eigenvalue weighted by atomic mass is 16.3. The van der Waals surface area contributed by atoms with E-state index in [0.29, 0.717) is 22.5 Å². The number of hydrogen-bond acceptors (Lipinski definition) is 4. The summed E-state index contributed by atoms with van der Waals surface area (Å²) in [6.07, 6.45) is 3.40. The Bertz CT molecular complexity index is 958. The summed E-state index contributed by atoms with van der Waals surface area (Å²) in [6.45, 7) is 0. The standard InChI is InChI=1S/C20H16N6O2/c21-25-23-17-5-1-13(2-6-17)9-15-11-19(27)12-16(20(15)28)10-14-3-7-18(8-4-14)24-26-22/h1-10,19,27H,11-12H2/b15-9-,16-10+. The highest BCUT2D eigenvalue weighted by Gasteiger charge is 2.26. The van der Waals surface area contributed by atoms with Gasteiger partial charge >= 0.3 is 0 Å². The maximum absolute atomic E-state index is 12.8. The molecule has 0 aliphatic heterocycles. The van der Waals surface area contributed by atoms with E-state index in [0.717, 1.165) is 11.1 Å². The zero-order valence-electron chi connectivity index (χ0n) is 14.8. The van der Waals surface area contributed by atoms with Gasteiger partial charge in [-0.15, -0.1) is 0 Å². The van der Waals surface area contributed by atoms with Gasteiger partial charge in [-0.3, -0.25) is 4.79 Å². The van der Waals surface area contributed by atoms with Crippen LogP contribution in [0.3, 0.4) is 0 Å².